The molecule has 0 saturated heterocycles. The van der Waals surface area contributed by atoms with Crippen molar-refractivity contribution in [3.8, 4) is 22.8 Å². The number of aryl methyl sites for hydroxylation is 1. The van der Waals surface area contributed by atoms with Gasteiger partial charge in [-0.25, -0.2) is 0 Å². The number of nitrogens with zero attached hydrogens (tertiary/aromatic N) is 3. The molecule has 0 bridgehead atoms. The lowest BCUT2D eigenvalue weighted by atomic mass is 10.1. The van der Waals surface area contributed by atoms with Gasteiger partial charge in [0.1, 0.15) is 12.7 Å². The fourth-order valence-electron chi connectivity index (χ4n) is 2.95. The zero-order valence-electron chi connectivity index (χ0n) is 14.1. The van der Waals surface area contributed by atoms with Crippen molar-refractivity contribution in [1.82, 2.24) is 20.1 Å². The predicted molar refractivity (Wildman–Crippen MR) is 94.5 cm³/mol. The summed E-state index contributed by atoms with van der Waals surface area (Å²) in [6, 6.07) is 11.7. The molecule has 25 heavy (non-hydrogen) atoms. The molecule has 0 aliphatic carbocycles. The van der Waals surface area contributed by atoms with Crippen molar-refractivity contribution in [3.63, 3.8) is 0 Å². The molecule has 3 aromatic rings. The van der Waals surface area contributed by atoms with Gasteiger partial charge in [-0.1, -0.05) is 12.1 Å². The molecule has 0 radical (unpaired) electrons. The van der Waals surface area contributed by atoms with Crippen molar-refractivity contribution in [2.75, 3.05) is 13.2 Å². The van der Waals surface area contributed by atoms with Gasteiger partial charge in [-0.05, 0) is 24.3 Å². The first-order valence-electron chi connectivity index (χ1n) is 8.32. The lowest BCUT2D eigenvalue weighted by Gasteiger charge is -2.26. The Bertz CT molecular complexity index is 848. The predicted octanol–water partition coefficient (Wildman–Crippen LogP) is 2.41. The number of rotatable bonds is 5. The summed E-state index contributed by atoms with van der Waals surface area (Å²) in [4.78, 5) is 4.07. The van der Waals surface area contributed by atoms with Gasteiger partial charge in [0, 0.05) is 49.9 Å². The third-order valence-electron chi connectivity index (χ3n) is 4.11. The molecule has 1 aliphatic heterocycles. The Labute approximate surface area is 146 Å². The molecule has 3 heterocycles. The van der Waals surface area contributed by atoms with Crippen LogP contribution < -0.4 is 14.8 Å². The third kappa shape index (κ3) is 3.49. The van der Waals surface area contributed by atoms with E-state index in [2.05, 4.69) is 15.4 Å². The zero-order chi connectivity index (χ0) is 17.1. The molecule has 0 amide bonds. The number of aromatic nitrogens is 3. The van der Waals surface area contributed by atoms with Gasteiger partial charge in [0.25, 0.3) is 0 Å². The van der Waals surface area contributed by atoms with Crippen LogP contribution in [0.15, 0.2) is 55.0 Å². The second-order valence-corrected chi connectivity index (χ2v) is 6.04. The standard InChI is InChI=1S/C19H20N4O2/c1-23-12-15(19(22-23)14-6-8-20-9-7-14)10-21-11-16-13-24-17-4-2-3-5-18(17)25-16/h2-9,12,16,21H,10-11,13H2,1H3. The van der Waals surface area contributed by atoms with E-state index in [1.54, 1.807) is 12.4 Å². The maximum Gasteiger partial charge on any atom is 0.161 e. The Balaban J connectivity index is 1.38. The highest BCUT2D eigenvalue weighted by Crippen LogP contribution is 2.30. The number of fused-ring (bicyclic) bond motifs is 1. The smallest absolute Gasteiger partial charge is 0.161 e. The van der Waals surface area contributed by atoms with Crippen molar-refractivity contribution in [2.45, 2.75) is 12.6 Å². The van der Waals surface area contributed by atoms with Gasteiger partial charge >= 0.3 is 0 Å². The second-order valence-electron chi connectivity index (χ2n) is 6.04. The second kappa shape index (κ2) is 6.94. The molecule has 128 valence electrons. The van der Waals surface area contributed by atoms with Crippen molar-refractivity contribution in [3.05, 3.63) is 60.6 Å². The first-order chi connectivity index (χ1) is 12.3. The molecule has 1 aliphatic rings. The molecule has 1 N–H and O–H groups in total. The van der Waals surface area contributed by atoms with Crippen LogP contribution in [0.5, 0.6) is 11.5 Å². The van der Waals surface area contributed by atoms with Crippen LogP contribution >= 0.6 is 0 Å². The van der Waals surface area contributed by atoms with Crippen molar-refractivity contribution < 1.29 is 9.47 Å². The Morgan fingerprint density at radius 2 is 1.96 bits per heavy atom. The molecule has 4 rings (SSSR count). The van der Waals surface area contributed by atoms with Crippen LogP contribution in [-0.4, -0.2) is 34.0 Å². The lowest BCUT2D eigenvalue weighted by Crippen LogP contribution is -2.38. The van der Waals surface area contributed by atoms with Gasteiger partial charge < -0.3 is 14.8 Å². The van der Waals surface area contributed by atoms with Crippen LogP contribution in [0, 0.1) is 0 Å². The normalized spacial score (nSPS) is 16.0. The molecule has 1 atom stereocenters. The van der Waals surface area contributed by atoms with Gasteiger partial charge in [0.15, 0.2) is 11.5 Å². The summed E-state index contributed by atoms with van der Waals surface area (Å²) in [6.07, 6.45) is 5.60. The van der Waals surface area contributed by atoms with E-state index in [4.69, 9.17) is 9.47 Å². The Kier molecular flexibility index (Phi) is 4.35. The first-order valence-corrected chi connectivity index (χ1v) is 8.32. The molecule has 0 spiro atoms. The highest BCUT2D eigenvalue weighted by molar-refractivity contribution is 5.61. The molecule has 6 heteroatoms. The van der Waals surface area contributed by atoms with Crippen LogP contribution in [-0.2, 0) is 13.6 Å². The summed E-state index contributed by atoms with van der Waals surface area (Å²) >= 11 is 0. The third-order valence-corrected chi connectivity index (χ3v) is 4.11. The van der Waals surface area contributed by atoms with E-state index < -0.39 is 0 Å². The molecular formula is C19H20N4O2. The molecule has 0 saturated carbocycles. The van der Waals surface area contributed by atoms with Crippen LogP contribution in [0.1, 0.15) is 5.56 Å². The minimum atomic E-state index is -0.00375. The fraction of sp³-hybridized carbons (Fsp3) is 0.263. The summed E-state index contributed by atoms with van der Waals surface area (Å²) in [5.74, 6) is 1.62. The minimum absolute atomic E-state index is 0.00375. The van der Waals surface area contributed by atoms with Gasteiger partial charge in [-0.15, -0.1) is 0 Å². The van der Waals surface area contributed by atoms with E-state index in [1.165, 1.54) is 0 Å². The molecule has 0 fully saturated rings. The highest BCUT2D eigenvalue weighted by Gasteiger charge is 2.20. The monoisotopic (exact) mass is 336 g/mol. The SMILES string of the molecule is Cn1cc(CNCC2COc3ccccc3O2)c(-c2ccncc2)n1. The number of para-hydroxylation sites is 2. The van der Waals surface area contributed by atoms with Gasteiger partial charge in [-0.2, -0.15) is 5.10 Å². The van der Waals surface area contributed by atoms with Crippen molar-refractivity contribution in [2.24, 2.45) is 7.05 Å². The maximum atomic E-state index is 5.97. The number of hydrogen-bond acceptors (Lipinski definition) is 5. The van der Waals surface area contributed by atoms with E-state index in [0.29, 0.717) is 19.7 Å². The molecule has 6 nitrogen and oxygen atoms in total. The molecule has 2 aromatic heterocycles. The molecular weight excluding hydrogens is 316 g/mol. The van der Waals surface area contributed by atoms with Gasteiger partial charge in [0.2, 0.25) is 0 Å². The first kappa shape index (κ1) is 15.7. The maximum absolute atomic E-state index is 5.97. The molecule has 1 unspecified atom stereocenters. The number of ether oxygens (including phenoxy) is 2. The summed E-state index contributed by atoms with van der Waals surface area (Å²) in [7, 11) is 1.93. The molecule has 1 aromatic carbocycles. The van der Waals surface area contributed by atoms with E-state index in [0.717, 1.165) is 28.3 Å². The topological polar surface area (TPSA) is 61.2 Å². The Morgan fingerprint density at radius 1 is 1.16 bits per heavy atom. The average molecular weight is 336 g/mol. The van der Waals surface area contributed by atoms with E-state index in [-0.39, 0.29) is 6.10 Å². The summed E-state index contributed by atoms with van der Waals surface area (Å²) in [5.41, 5.74) is 3.19. The zero-order valence-corrected chi connectivity index (χ0v) is 14.1. The summed E-state index contributed by atoms with van der Waals surface area (Å²) < 4.78 is 13.6. The van der Waals surface area contributed by atoms with Crippen LogP contribution in [0.3, 0.4) is 0 Å². The largest absolute Gasteiger partial charge is 0.486 e. The number of pyridine rings is 1. The lowest BCUT2D eigenvalue weighted by molar-refractivity contribution is 0.0902. The number of nitrogens with one attached hydrogen (secondary N) is 1. The van der Waals surface area contributed by atoms with Crippen molar-refractivity contribution in [1.29, 1.82) is 0 Å². The van der Waals surface area contributed by atoms with Gasteiger partial charge in [0.05, 0.1) is 5.69 Å². The van der Waals surface area contributed by atoms with Crippen LogP contribution in [0.2, 0.25) is 0 Å². The van der Waals surface area contributed by atoms with Crippen molar-refractivity contribution >= 4 is 0 Å². The minimum Gasteiger partial charge on any atom is -0.486 e. The van der Waals surface area contributed by atoms with E-state index in [1.807, 2.05) is 54.3 Å². The summed E-state index contributed by atoms with van der Waals surface area (Å²) in [6.45, 7) is 1.97. The Hall–Kier alpha value is -2.86. The number of hydrogen-bond donors (Lipinski definition) is 1. The Morgan fingerprint density at radius 3 is 2.80 bits per heavy atom. The fourth-order valence-corrected chi connectivity index (χ4v) is 2.95. The quantitative estimate of drug-likeness (QED) is 0.775. The number of benzene rings is 1. The van der Waals surface area contributed by atoms with Crippen LogP contribution in [0.4, 0.5) is 0 Å². The average Bonchev–Trinajstić information content (AvgIpc) is 3.03. The van der Waals surface area contributed by atoms with E-state index in [9.17, 15) is 0 Å². The summed E-state index contributed by atoms with van der Waals surface area (Å²) in [5, 5.41) is 8.02. The van der Waals surface area contributed by atoms with E-state index >= 15 is 0 Å². The van der Waals surface area contributed by atoms with Gasteiger partial charge in [-0.3, -0.25) is 9.67 Å². The van der Waals surface area contributed by atoms with Crippen LogP contribution in [0.25, 0.3) is 11.3 Å². The highest BCUT2D eigenvalue weighted by atomic mass is 16.6.